The number of carbonyl (C=O) groups excluding carboxylic acids is 1. The molecule has 0 aliphatic heterocycles. The Labute approximate surface area is 119 Å². The Morgan fingerprint density at radius 1 is 1.35 bits per heavy atom. The zero-order chi connectivity index (χ0) is 14.5. The van der Waals surface area contributed by atoms with E-state index < -0.39 is 0 Å². The molecule has 0 atom stereocenters. The van der Waals surface area contributed by atoms with Crippen LogP contribution in [0, 0.1) is 6.92 Å². The van der Waals surface area contributed by atoms with E-state index in [-0.39, 0.29) is 5.91 Å². The van der Waals surface area contributed by atoms with Crippen LogP contribution in [0.1, 0.15) is 21.6 Å². The first kappa shape index (κ1) is 14.3. The number of rotatable bonds is 5. The number of carbonyl (C=O) groups is 1. The highest BCUT2D eigenvalue weighted by atomic mass is 16.2. The molecule has 1 heterocycles. The van der Waals surface area contributed by atoms with E-state index in [0.29, 0.717) is 25.2 Å². The van der Waals surface area contributed by atoms with Crippen LogP contribution in [0.3, 0.4) is 0 Å². The Morgan fingerprint density at radius 3 is 2.60 bits per heavy atom. The number of amides is 1. The van der Waals surface area contributed by atoms with Crippen molar-refractivity contribution in [1.82, 2.24) is 14.7 Å². The normalized spacial score (nSPS) is 10.6. The van der Waals surface area contributed by atoms with Gasteiger partial charge in [0.15, 0.2) is 0 Å². The molecule has 106 valence electrons. The van der Waals surface area contributed by atoms with E-state index in [1.807, 2.05) is 44.3 Å². The average molecular weight is 272 g/mol. The predicted molar refractivity (Wildman–Crippen MR) is 78.2 cm³/mol. The van der Waals surface area contributed by atoms with Crippen LogP contribution in [-0.4, -0.2) is 33.7 Å². The van der Waals surface area contributed by atoms with Crippen molar-refractivity contribution in [3.63, 3.8) is 0 Å². The Balaban J connectivity index is 2.20. The fourth-order valence-corrected chi connectivity index (χ4v) is 2.19. The highest BCUT2D eigenvalue weighted by Crippen LogP contribution is 2.12. The Kier molecular flexibility index (Phi) is 4.53. The van der Waals surface area contributed by atoms with Crippen molar-refractivity contribution in [2.45, 2.75) is 13.5 Å². The first-order chi connectivity index (χ1) is 9.61. The van der Waals surface area contributed by atoms with Crippen molar-refractivity contribution in [2.24, 2.45) is 12.8 Å². The molecule has 0 fully saturated rings. The number of hydrogen-bond acceptors (Lipinski definition) is 3. The van der Waals surface area contributed by atoms with Gasteiger partial charge in [0.25, 0.3) is 5.91 Å². The maximum Gasteiger partial charge on any atom is 0.257 e. The molecule has 0 aliphatic rings. The Hall–Kier alpha value is -2.14. The molecule has 2 aromatic rings. The summed E-state index contributed by atoms with van der Waals surface area (Å²) in [4.78, 5) is 14.4. The molecule has 0 aliphatic carbocycles. The number of nitrogens with two attached hydrogens (primary N) is 1. The molecule has 2 N–H and O–H groups in total. The van der Waals surface area contributed by atoms with Crippen molar-refractivity contribution >= 4 is 5.91 Å². The molecule has 0 unspecified atom stereocenters. The molecule has 1 aromatic heterocycles. The number of benzene rings is 1. The SMILES string of the molecule is Cc1nn(C)cc1C(=O)N(CCN)Cc1ccccc1. The minimum atomic E-state index is -0.0232. The summed E-state index contributed by atoms with van der Waals surface area (Å²) in [5.74, 6) is -0.0232. The summed E-state index contributed by atoms with van der Waals surface area (Å²) in [5, 5.41) is 4.22. The van der Waals surface area contributed by atoms with E-state index in [0.717, 1.165) is 11.3 Å². The zero-order valence-electron chi connectivity index (χ0n) is 11.9. The maximum absolute atomic E-state index is 12.6. The molecule has 1 amide bonds. The Bertz CT molecular complexity index is 577. The molecule has 2 rings (SSSR count). The van der Waals surface area contributed by atoms with Crippen LogP contribution in [0.5, 0.6) is 0 Å². The van der Waals surface area contributed by atoms with Gasteiger partial charge in [0, 0.05) is 32.9 Å². The molecule has 0 radical (unpaired) electrons. The summed E-state index contributed by atoms with van der Waals surface area (Å²) in [6.45, 7) is 3.38. The quantitative estimate of drug-likeness (QED) is 0.893. The summed E-state index contributed by atoms with van der Waals surface area (Å²) < 4.78 is 1.66. The van der Waals surface area contributed by atoms with E-state index in [4.69, 9.17) is 5.73 Å². The van der Waals surface area contributed by atoms with Gasteiger partial charge >= 0.3 is 0 Å². The van der Waals surface area contributed by atoms with Crippen molar-refractivity contribution in [3.05, 3.63) is 53.3 Å². The van der Waals surface area contributed by atoms with E-state index >= 15 is 0 Å². The Morgan fingerprint density at radius 2 is 2.05 bits per heavy atom. The molecule has 0 saturated carbocycles. The monoisotopic (exact) mass is 272 g/mol. The molecular formula is C15H20N4O. The second-order valence-corrected chi connectivity index (χ2v) is 4.80. The predicted octanol–water partition coefficient (Wildman–Crippen LogP) is 1.33. The minimum absolute atomic E-state index is 0.0232. The van der Waals surface area contributed by atoms with Gasteiger partial charge in [-0.1, -0.05) is 30.3 Å². The van der Waals surface area contributed by atoms with Crippen LogP contribution >= 0.6 is 0 Å². The summed E-state index contributed by atoms with van der Waals surface area (Å²) in [7, 11) is 1.81. The summed E-state index contributed by atoms with van der Waals surface area (Å²) in [5.41, 5.74) is 8.10. The lowest BCUT2D eigenvalue weighted by Gasteiger charge is -2.21. The first-order valence-electron chi connectivity index (χ1n) is 6.65. The molecule has 5 nitrogen and oxygen atoms in total. The molecule has 0 saturated heterocycles. The lowest BCUT2D eigenvalue weighted by Crippen LogP contribution is -2.35. The molecule has 0 spiro atoms. The van der Waals surface area contributed by atoms with E-state index in [2.05, 4.69) is 5.10 Å². The van der Waals surface area contributed by atoms with Gasteiger partial charge in [-0.25, -0.2) is 0 Å². The lowest BCUT2D eigenvalue weighted by molar-refractivity contribution is 0.0747. The zero-order valence-corrected chi connectivity index (χ0v) is 11.9. The van der Waals surface area contributed by atoms with Gasteiger partial charge in [-0.3, -0.25) is 9.48 Å². The second kappa shape index (κ2) is 6.34. The highest BCUT2D eigenvalue weighted by molar-refractivity contribution is 5.95. The van der Waals surface area contributed by atoms with Crippen molar-refractivity contribution < 1.29 is 4.79 Å². The number of aromatic nitrogens is 2. The van der Waals surface area contributed by atoms with Crippen LogP contribution in [0.15, 0.2) is 36.5 Å². The van der Waals surface area contributed by atoms with Gasteiger partial charge < -0.3 is 10.6 Å². The van der Waals surface area contributed by atoms with E-state index in [9.17, 15) is 4.79 Å². The van der Waals surface area contributed by atoms with Gasteiger partial charge in [0.1, 0.15) is 0 Å². The molecule has 1 aromatic carbocycles. The fraction of sp³-hybridized carbons (Fsp3) is 0.333. The largest absolute Gasteiger partial charge is 0.333 e. The third-order valence-corrected chi connectivity index (χ3v) is 3.15. The minimum Gasteiger partial charge on any atom is -0.333 e. The summed E-state index contributed by atoms with van der Waals surface area (Å²) in [6.07, 6.45) is 1.76. The standard InChI is InChI=1S/C15H20N4O/c1-12-14(11-18(2)17-12)15(20)19(9-8-16)10-13-6-4-3-5-7-13/h3-7,11H,8-10,16H2,1-2H3. The van der Waals surface area contributed by atoms with Crippen LogP contribution in [0.2, 0.25) is 0 Å². The van der Waals surface area contributed by atoms with Crippen LogP contribution < -0.4 is 5.73 Å². The van der Waals surface area contributed by atoms with Crippen LogP contribution in [-0.2, 0) is 13.6 Å². The topological polar surface area (TPSA) is 64.2 Å². The number of nitrogens with zero attached hydrogens (tertiary/aromatic N) is 3. The van der Waals surface area contributed by atoms with E-state index in [1.54, 1.807) is 15.8 Å². The van der Waals surface area contributed by atoms with E-state index in [1.165, 1.54) is 0 Å². The van der Waals surface area contributed by atoms with Crippen molar-refractivity contribution in [1.29, 1.82) is 0 Å². The van der Waals surface area contributed by atoms with Gasteiger partial charge in [0.2, 0.25) is 0 Å². The van der Waals surface area contributed by atoms with Gasteiger partial charge in [-0.05, 0) is 12.5 Å². The van der Waals surface area contributed by atoms with Crippen molar-refractivity contribution in [3.8, 4) is 0 Å². The average Bonchev–Trinajstić information content (AvgIpc) is 2.77. The highest BCUT2D eigenvalue weighted by Gasteiger charge is 2.19. The van der Waals surface area contributed by atoms with Crippen LogP contribution in [0.25, 0.3) is 0 Å². The van der Waals surface area contributed by atoms with Gasteiger partial charge in [-0.2, -0.15) is 5.10 Å². The molecule has 5 heteroatoms. The maximum atomic E-state index is 12.6. The summed E-state index contributed by atoms with van der Waals surface area (Å²) in [6, 6.07) is 9.91. The van der Waals surface area contributed by atoms with Gasteiger partial charge in [0.05, 0.1) is 11.3 Å². The summed E-state index contributed by atoms with van der Waals surface area (Å²) >= 11 is 0. The molecule has 20 heavy (non-hydrogen) atoms. The van der Waals surface area contributed by atoms with Gasteiger partial charge in [-0.15, -0.1) is 0 Å². The fourth-order valence-electron chi connectivity index (χ4n) is 2.19. The second-order valence-electron chi connectivity index (χ2n) is 4.80. The third-order valence-electron chi connectivity index (χ3n) is 3.15. The third kappa shape index (κ3) is 3.24. The molecular weight excluding hydrogens is 252 g/mol. The van der Waals surface area contributed by atoms with Crippen molar-refractivity contribution in [2.75, 3.05) is 13.1 Å². The molecule has 0 bridgehead atoms. The first-order valence-corrected chi connectivity index (χ1v) is 6.65. The smallest absolute Gasteiger partial charge is 0.257 e. The number of hydrogen-bond donors (Lipinski definition) is 1. The van der Waals surface area contributed by atoms with Crippen LogP contribution in [0.4, 0.5) is 0 Å². The lowest BCUT2D eigenvalue weighted by atomic mass is 10.2. The number of aryl methyl sites for hydroxylation is 2.